The number of carbonyl (C=O) groups is 1. The van der Waals surface area contributed by atoms with Gasteiger partial charge < -0.3 is 13.9 Å². The molecule has 1 aliphatic heterocycles. The Morgan fingerprint density at radius 3 is 2.72 bits per heavy atom. The van der Waals surface area contributed by atoms with Crippen LogP contribution in [0.25, 0.3) is 12.2 Å². The first-order valence-electron chi connectivity index (χ1n) is 10.1. The van der Waals surface area contributed by atoms with Crippen LogP contribution in [0, 0.1) is 0 Å². The molecule has 1 aromatic carbocycles. The Balaban J connectivity index is 1.86. The summed E-state index contributed by atoms with van der Waals surface area (Å²) >= 11 is 1.27. The van der Waals surface area contributed by atoms with Crippen molar-refractivity contribution in [3.8, 4) is 5.75 Å². The van der Waals surface area contributed by atoms with E-state index >= 15 is 0 Å². The molecule has 0 N–H and O–H groups in total. The van der Waals surface area contributed by atoms with Crippen molar-refractivity contribution in [2.24, 2.45) is 4.99 Å². The number of thiazole rings is 1. The minimum Gasteiger partial charge on any atom is -0.497 e. The van der Waals surface area contributed by atoms with E-state index in [1.807, 2.05) is 18.2 Å². The molecular formula is C24H22N2O5S. The second-order valence-corrected chi connectivity index (χ2v) is 7.98. The molecule has 3 heterocycles. The second-order valence-electron chi connectivity index (χ2n) is 6.97. The molecule has 1 atom stereocenters. The molecule has 1 aliphatic rings. The SMILES string of the molecule is CCOC(=O)C1=C(C)N=c2s/c(=C\C=C\c3ccco3)c(=O)n2[C@@H]1c1ccc(OC)cc1. The van der Waals surface area contributed by atoms with Crippen molar-refractivity contribution in [3.05, 3.63) is 91.0 Å². The minimum atomic E-state index is -0.646. The largest absolute Gasteiger partial charge is 0.497 e. The zero-order valence-corrected chi connectivity index (χ0v) is 18.7. The average molecular weight is 451 g/mol. The van der Waals surface area contributed by atoms with Crippen molar-refractivity contribution in [1.29, 1.82) is 0 Å². The number of rotatable bonds is 6. The number of ether oxygens (including phenoxy) is 2. The van der Waals surface area contributed by atoms with Gasteiger partial charge in [-0.1, -0.05) is 29.5 Å². The first kappa shape index (κ1) is 21.6. The van der Waals surface area contributed by atoms with Gasteiger partial charge in [-0.15, -0.1) is 0 Å². The number of hydrogen-bond acceptors (Lipinski definition) is 7. The molecule has 164 valence electrons. The van der Waals surface area contributed by atoms with Crippen LogP contribution in [0.5, 0.6) is 5.75 Å². The third kappa shape index (κ3) is 4.09. The van der Waals surface area contributed by atoms with E-state index in [0.29, 0.717) is 32.1 Å². The maximum Gasteiger partial charge on any atom is 0.338 e. The van der Waals surface area contributed by atoms with Crippen LogP contribution >= 0.6 is 11.3 Å². The topological polar surface area (TPSA) is 83.0 Å². The van der Waals surface area contributed by atoms with E-state index in [0.717, 1.165) is 5.56 Å². The number of methoxy groups -OCH3 is 1. The number of esters is 1. The van der Waals surface area contributed by atoms with Gasteiger partial charge >= 0.3 is 5.97 Å². The van der Waals surface area contributed by atoms with Crippen LogP contribution in [-0.2, 0) is 9.53 Å². The standard InChI is InChI=1S/C24H22N2O5S/c1-4-30-23(28)20-15(2)25-24-26(21(20)16-10-12-17(29-3)13-11-16)22(27)19(32-24)9-5-7-18-8-6-14-31-18/h5-14,21H,4H2,1-3H3/b7-5+,19-9-/t21-/m1/s1. The monoisotopic (exact) mass is 450 g/mol. The van der Waals surface area contributed by atoms with E-state index in [2.05, 4.69) is 4.99 Å². The van der Waals surface area contributed by atoms with Gasteiger partial charge in [-0.05, 0) is 55.8 Å². The van der Waals surface area contributed by atoms with Crippen molar-refractivity contribution in [2.45, 2.75) is 19.9 Å². The van der Waals surface area contributed by atoms with E-state index in [4.69, 9.17) is 13.9 Å². The van der Waals surface area contributed by atoms with Gasteiger partial charge in [0, 0.05) is 0 Å². The number of furan rings is 1. The number of carbonyl (C=O) groups excluding carboxylic acids is 1. The highest BCUT2D eigenvalue weighted by molar-refractivity contribution is 7.07. The molecule has 0 fully saturated rings. The smallest absolute Gasteiger partial charge is 0.338 e. The van der Waals surface area contributed by atoms with E-state index in [-0.39, 0.29) is 12.2 Å². The van der Waals surface area contributed by atoms with Crippen LogP contribution in [0.4, 0.5) is 0 Å². The number of fused-ring (bicyclic) bond motifs is 1. The Morgan fingerprint density at radius 1 is 1.28 bits per heavy atom. The number of nitrogens with zero attached hydrogens (tertiary/aromatic N) is 2. The van der Waals surface area contributed by atoms with E-state index in [1.165, 1.54) is 11.3 Å². The van der Waals surface area contributed by atoms with Crippen LogP contribution in [0.15, 0.2) is 74.2 Å². The molecule has 32 heavy (non-hydrogen) atoms. The summed E-state index contributed by atoms with van der Waals surface area (Å²) in [6.45, 7) is 3.74. The Hall–Kier alpha value is -3.65. The Kier molecular flexibility index (Phi) is 6.23. The maximum atomic E-state index is 13.4. The minimum absolute atomic E-state index is 0.229. The lowest BCUT2D eigenvalue weighted by molar-refractivity contribution is -0.139. The Labute approximate surface area is 188 Å². The third-order valence-electron chi connectivity index (χ3n) is 5.00. The van der Waals surface area contributed by atoms with Crippen molar-refractivity contribution < 1.29 is 18.7 Å². The van der Waals surface area contributed by atoms with Crippen LogP contribution in [0.3, 0.4) is 0 Å². The summed E-state index contributed by atoms with van der Waals surface area (Å²) < 4.78 is 17.9. The lowest BCUT2D eigenvalue weighted by Gasteiger charge is -2.24. The highest BCUT2D eigenvalue weighted by Gasteiger charge is 2.33. The predicted octanol–water partition coefficient (Wildman–Crippen LogP) is 3.07. The molecule has 3 aromatic rings. The number of allylic oxidation sites excluding steroid dienone is 2. The first-order valence-corrected chi connectivity index (χ1v) is 10.9. The summed E-state index contributed by atoms with van der Waals surface area (Å²) in [5.74, 6) is 0.884. The van der Waals surface area contributed by atoms with E-state index in [9.17, 15) is 9.59 Å². The van der Waals surface area contributed by atoms with Gasteiger partial charge in [-0.2, -0.15) is 0 Å². The quantitative estimate of drug-likeness (QED) is 0.539. The molecule has 0 bridgehead atoms. The van der Waals surface area contributed by atoms with Crippen molar-refractivity contribution in [3.63, 3.8) is 0 Å². The molecular weight excluding hydrogens is 428 g/mol. The molecule has 0 spiro atoms. The molecule has 0 aliphatic carbocycles. The molecule has 2 aromatic heterocycles. The maximum absolute atomic E-state index is 13.4. The third-order valence-corrected chi connectivity index (χ3v) is 6.00. The number of hydrogen-bond donors (Lipinski definition) is 0. The molecule has 0 saturated heterocycles. The van der Waals surface area contributed by atoms with Crippen molar-refractivity contribution >= 4 is 29.5 Å². The van der Waals surface area contributed by atoms with Crippen LogP contribution in [0.1, 0.15) is 31.2 Å². The average Bonchev–Trinajstić information content (AvgIpc) is 3.41. The predicted molar refractivity (Wildman–Crippen MR) is 122 cm³/mol. The summed E-state index contributed by atoms with van der Waals surface area (Å²) in [7, 11) is 1.59. The fourth-order valence-electron chi connectivity index (χ4n) is 3.52. The number of benzene rings is 1. The first-order chi connectivity index (χ1) is 15.5. The summed E-state index contributed by atoms with van der Waals surface area (Å²) in [6.07, 6.45) is 6.84. The van der Waals surface area contributed by atoms with Gasteiger partial charge in [0.25, 0.3) is 5.56 Å². The zero-order chi connectivity index (χ0) is 22.7. The van der Waals surface area contributed by atoms with Gasteiger partial charge in [0.15, 0.2) is 4.80 Å². The number of aromatic nitrogens is 1. The molecule has 0 saturated carbocycles. The fourth-order valence-corrected chi connectivity index (χ4v) is 4.52. The molecule has 7 nitrogen and oxygen atoms in total. The summed E-state index contributed by atoms with van der Waals surface area (Å²) in [5, 5.41) is 0. The van der Waals surface area contributed by atoms with E-state index < -0.39 is 12.0 Å². The van der Waals surface area contributed by atoms with Gasteiger partial charge in [-0.25, -0.2) is 9.79 Å². The van der Waals surface area contributed by atoms with Crippen LogP contribution in [-0.4, -0.2) is 24.3 Å². The molecule has 4 rings (SSSR count). The highest BCUT2D eigenvalue weighted by atomic mass is 32.1. The van der Waals surface area contributed by atoms with E-state index in [1.54, 1.807) is 68.2 Å². The highest BCUT2D eigenvalue weighted by Crippen LogP contribution is 2.31. The summed E-state index contributed by atoms with van der Waals surface area (Å²) in [5.41, 5.74) is 1.42. The van der Waals surface area contributed by atoms with Gasteiger partial charge in [-0.3, -0.25) is 9.36 Å². The molecule has 0 radical (unpaired) electrons. The van der Waals surface area contributed by atoms with Gasteiger partial charge in [0.05, 0.1) is 41.8 Å². The normalized spacial score (nSPS) is 16.2. The molecule has 0 unspecified atom stereocenters. The van der Waals surface area contributed by atoms with Gasteiger partial charge in [0.1, 0.15) is 11.5 Å². The Bertz CT molecular complexity index is 1360. The van der Waals surface area contributed by atoms with Crippen molar-refractivity contribution in [1.82, 2.24) is 4.57 Å². The summed E-state index contributed by atoms with van der Waals surface area (Å²) in [6, 6.07) is 10.3. The second kappa shape index (κ2) is 9.23. The molecule has 8 heteroatoms. The zero-order valence-electron chi connectivity index (χ0n) is 17.9. The Morgan fingerprint density at radius 2 is 2.06 bits per heavy atom. The molecule has 0 amide bonds. The van der Waals surface area contributed by atoms with Gasteiger partial charge in [0.2, 0.25) is 0 Å². The lowest BCUT2D eigenvalue weighted by atomic mass is 9.96. The lowest BCUT2D eigenvalue weighted by Crippen LogP contribution is -2.39. The summed E-state index contributed by atoms with van der Waals surface area (Å²) in [4.78, 5) is 31.3. The fraction of sp³-hybridized carbons (Fsp3) is 0.208. The van der Waals surface area contributed by atoms with Crippen LogP contribution in [0.2, 0.25) is 0 Å². The van der Waals surface area contributed by atoms with Crippen LogP contribution < -0.4 is 19.6 Å². The van der Waals surface area contributed by atoms with Crippen molar-refractivity contribution in [2.75, 3.05) is 13.7 Å².